The molecule has 0 amide bonds. The maximum absolute atomic E-state index is 3.85. The zero-order valence-electron chi connectivity index (χ0n) is 9.52. The number of hydrogen-bond acceptors (Lipinski definition) is 2. The first-order valence-corrected chi connectivity index (χ1v) is 5.63. The smallest absolute Gasteiger partial charge is 0.0242 e. The Hall–Kier alpha value is -0.860. The van der Waals surface area contributed by atoms with E-state index in [1.165, 1.54) is 25.1 Å². The number of allylic oxidation sites excluding steroid dienone is 2. The normalized spacial score (nSPS) is 32.2. The van der Waals surface area contributed by atoms with Gasteiger partial charge in [0.1, 0.15) is 0 Å². The highest BCUT2D eigenvalue weighted by Gasteiger charge is 2.40. The summed E-state index contributed by atoms with van der Waals surface area (Å²) >= 11 is 0. The summed E-state index contributed by atoms with van der Waals surface area (Å²) in [6.07, 6.45) is 7.19. The largest absolute Gasteiger partial charge is 0.301 e. The van der Waals surface area contributed by atoms with Crippen LogP contribution in [-0.2, 0) is 0 Å². The van der Waals surface area contributed by atoms with Gasteiger partial charge < -0.3 is 4.90 Å². The number of hydrogen-bond donors (Lipinski definition) is 0. The molecule has 2 heterocycles. The second kappa shape index (κ2) is 4.33. The number of piperazine rings is 1. The molecule has 15 heavy (non-hydrogen) atoms. The van der Waals surface area contributed by atoms with Crippen molar-refractivity contribution in [2.45, 2.75) is 18.5 Å². The molecule has 2 atom stereocenters. The van der Waals surface area contributed by atoms with Gasteiger partial charge in [-0.25, -0.2) is 0 Å². The molecular weight excluding hydrogens is 184 g/mol. The molecular formula is C13H20N2. The maximum atomic E-state index is 3.85. The van der Waals surface area contributed by atoms with Crippen LogP contribution in [0.5, 0.6) is 0 Å². The van der Waals surface area contributed by atoms with Crippen molar-refractivity contribution in [3.05, 3.63) is 37.0 Å². The minimum Gasteiger partial charge on any atom is -0.301 e. The highest BCUT2D eigenvalue weighted by Crippen LogP contribution is 2.29. The van der Waals surface area contributed by atoms with Crippen LogP contribution in [0.15, 0.2) is 37.0 Å². The van der Waals surface area contributed by atoms with Crippen LogP contribution in [0.2, 0.25) is 0 Å². The Morgan fingerprint density at radius 1 is 1.33 bits per heavy atom. The third kappa shape index (κ3) is 2.06. The maximum Gasteiger partial charge on any atom is 0.0242 e. The molecule has 2 rings (SSSR count). The van der Waals surface area contributed by atoms with Gasteiger partial charge in [-0.1, -0.05) is 31.4 Å². The van der Waals surface area contributed by atoms with Crippen LogP contribution < -0.4 is 0 Å². The molecule has 82 valence electrons. The second-order valence-corrected chi connectivity index (χ2v) is 4.59. The fourth-order valence-corrected chi connectivity index (χ4v) is 2.71. The van der Waals surface area contributed by atoms with Crippen molar-refractivity contribution < 1.29 is 0 Å². The summed E-state index contributed by atoms with van der Waals surface area (Å²) < 4.78 is 0. The topological polar surface area (TPSA) is 6.48 Å². The Morgan fingerprint density at radius 3 is 2.60 bits per heavy atom. The summed E-state index contributed by atoms with van der Waals surface area (Å²) in [5, 5.41) is 0. The lowest BCUT2D eigenvalue weighted by molar-refractivity contribution is 0.160. The van der Waals surface area contributed by atoms with E-state index in [-0.39, 0.29) is 0 Å². The first kappa shape index (κ1) is 10.7. The van der Waals surface area contributed by atoms with Gasteiger partial charge >= 0.3 is 0 Å². The van der Waals surface area contributed by atoms with Crippen LogP contribution in [0, 0.1) is 0 Å². The lowest BCUT2D eigenvalue weighted by atomic mass is 10.2. The molecule has 0 aromatic heterocycles. The van der Waals surface area contributed by atoms with Crippen LogP contribution in [0.4, 0.5) is 0 Å². The lowest BCUT2D eigenvalue weighted by Crippen LogP contribution is -2.44. The Bertz CT molecular complexity index is 291. The SMILES string of the molecule is C=C/C=C(\C=C)CN1CC2CC1CN2C. The average Bonchev–Trinajstić information content (AvgIpc) is 2.76. The first-order valence-electron chi connectivity index (χ1n) is 5.63. The van der Waals surface area contributed by atoms with Gasteiger partial charge in [0.25, 0.3) is 0 Å². The van der Waals surface area contributed by atoms with E-state index < -0.39 is 0 Å². The van der Waals surface area contributed by atoms with Crippen LogP contribution in [0.25, 0.3) is 0 Å². The minimum absolute atomic E-state index is 0.758. The van der Waals surface area contributed by atoms with E-state index in [1.54, 1.807) is 0 Å². The van der Waals surface area contributed by atoms with Crippen molar-refractivity contribution in [3.8, 4) is 0 Å². The van der Waals surface area contributed by atoms with Crippen molar-refractivity contribution in [2.75, 3.05) is 26.7 Å². The van der Waals surface area contributed by atoms with E-state index in [0.29, 0.717) is 0 Å². The summed E-state index contributed by atoms with van der Waals surface area (Å²) in [5.41, 5.74) is 1.28. The average molecular weight is 204 g/mol. The van der Waals surface area contributed by atoms with E-state index in [2.05, 4.69) is 36.1 Å². The molecule has 2 nitrogen and oxygen atoms in total. The molecule has 2 aliphatic rings. The van der Waals surface area contributed by atoms with E-state index in [1.807, 2.05) is 12.2 Å². The van der Waals surface area contributed by atoms with Crippen molar-refractivity contribution in [1.29, 1.82) is 0 Å². The first-order chi connectivity index (χ1) is 7.24. The van der Waals surface area contributed by atoms with Gasteiger partial charge in [0.05, 0.1) is 0 Å². The van der Waals surface area contributed by atoms with Crippen molar-refractivity contribution in [2.24, 2.45) is 0 Å². The second-order valence-electron chi connectivity index (χ2n) is 4.59. The molecule has 0 aromatic carbocycles. The zero-order chi connectivity index (χ0) is 10.8. The quantitative estimate of drug-likeness (QED) is 0.643. The van der Waals surface area contributed by atoms with Gasteiger partial charge in [-0.2, -0.15) is 0 Å². The Labute approximate surface area is 92.6 Å². The molecule has 0 radical (unpaired) electrons. The van der Waals surface area contributed by atoms with Gasteiger partial charge in [-0.3, -0.25) is 4.90 Å². The van der Waals surface area contributed by atoms with E-state index in [0.717, 1.165) is 18.6 Å². The molecule has 0 N–H and O–H groups in total. The molecule has 0 saturated carbocycles. The van der Waals surface area contributed by atoms with Crippen LogP contribution >= 0.6 is 0 Å². The number of likely N-dealkylation sites (tertiary alicyclic amines) is 2. The molecule has 0 aliphatic carbocycles. The van der Waals surface area contributed by atoms with Gasteiger partial charge in [0.15, 0.2) is 0 Å². The molecule has 2 aliphatic heterocycles. The Morgan fingerprint density at radius 2 is 2.13 bits per heavy atom. The molecule has 2 saturated heterocycles. The molecule has 0 aromatic rings. The van der Waals surface area contributed by atoms with Crippen LogP contribution in [0.3, 0.4) is 0 Å². The summed E-state index contributed by atoms with van der Waals surface area (Å²) in [6, 6.07) is 1.54. The van der Waals surface area contributed by atoms with E-state index >= 15 is 0 Å². The van der Waals surface area contributed by atoms with Gasteiger partial charge in [-0.05, 0) is 19.0 Å². The van der Waals surface area contributed by atoms with E-state index in [4.69, 9.17) is 0 Å². The molecule has 2 unspecified atom stereocenters. The zero-order valence-corrected chi connectivity index (χ0v) is 9.52. The van der Waals surface area contributed by atoms with Crippen molar-refractivity contribution in [3.63, 3.8) is 0 Å². The summed E-state index contributed by atoms with van der Waals surface area (Å²) in [7, 11) is 2.23. The predicted molar refractivity (Wildman–Crippen MR) is 64.9 cm³/mol. The van der Waals surface area contributed by atoms with Crippen LogP contribution in [-0.4, -0.2) is 48.6 Å². The highest BCUT2D eigenvalue weighted by molar-refractivity contribution is 5.23. The fraction of sp³-hybridized carbons (Fsp3) is 0.538. The van der Waals surface area contributed by atoms with Crippen LogP contribution in [0.1, 0.15) is 6.42 Å². The van der Waals surface area contributed by atoms with Crippen molar-refractivity contribution in [1.82, 2.24) is 9.80 Å². The molecule has 2 heteroatoms. The number of nitrogens with zero attached hydrogens (tertiary/aromatic N) is 2. The summed E-state index contributed by atoms with van der Waals surface area (Å²) in [6.45, 7) is 11.0. The molecule has 2 bridgehead atoms. The molecule has 2 fully saturated rings. The molecule has 0 spiro atoms. The number of fused-ring (bicyclic) bond motifs is 2. The summed E-state index contributed by atoms with van der Waals surface area (Å²) in [4.78, 5) is 5.05. The number of likely N-dealkylation sites (N-methyl/N-ethyl adjacent to an activating group) is 1. The van der Waals surface area contributed by atoms with E-state index in [9.17, 15) is 0 Å². The number of rotatable bonds is 4. The van der Waals surface area contributed by atoms with Crippen molar-refractivity contribution >= 4 is 0 Å². The fourth-order valence-electron chi connectivity index (χ4n) is 2.71. The summed E-state index contributed by atoms with van der Waals surface area (Å²) in [5.74, 6) is 0. The minimum atomic E-state index is 0.758. The van der Waals surface area contributed by atoms with Gasteiger partial charge in [0, 0.05) is 31.7 Å². The standard InChI is InChI=1S/C13H20N2/c1-4-6-11(5-2)8-15-10-12-7-13(15)9-14(12)3/h4-6,12-13H,1-2,7-10H2,3H3/b11-6+. The Kier molecular flexibility index (Phi) is 3.08. The predicted octanol–water partition coefficient (Wildman–Crippen LogP) is 1.67. The third-order valence-corrected chi connectivity index (χ3v) is 3.61. The lowest BCUT2D eigenvalue weighted by Gasteiger charge is -2.32. The van der Waals surface area contributed by atoms with Gasteiger partial charge in [0.2, 0.25) is 0 Å². The highest BCUT2D eigenvalue weighted by atomic mass is 15.3. The third-order valence-electron chi connectivity index (χ3n) is 3.61. The Balaban J connectivity index is 1.95. The van der Waals surface area contributed by atoms with Gasteiger partial charge in [-0.15, -0.1) is 0 Å². The monoisotopic (exact) mass is 204 g/mol.